The van der Waals surface area contributed by atoms with Crippen LogP contribution in [0.2, 0.25) is 0 Å². The van der Waals surface area contributed by atoms with Gasteiger partial charge in [-0.15, -0.1) is 0 Å². The van der Waals surface area contributed by atoms with Gasteiger partial charge in [0.25, 0.3) is 0 Å². The van der Waals surface area contributed by atoms with Crippen molar-refractivity contribution in [2.24, 2.45) is 5.92 Å². The van der Waals surface area contributed by atoms with E-state index in [1.54, 1.807) is 26.0 Å². The van der Waals surface area contributed by atoms with E-state index in [1.165, 1.54) is 0 Å². The van der Waals surface area contributed by atoms with Gasteiger partial charge in [-0.05, 0) is 50.3 Å². The molecule has 1 rings (SSSR count). The Kier molecular flexibility index (Phi) is 7.03. The van der Waals surface area contributed by atoms with Crippen LogP contribution in [0.15, 0.2) is 29.2 Å². The number of nitrogens with one attached hydrogen (secondary N) is 1. The third kappa shape index (κ3) is 6.58. The van der Waals surface area contributed by atoms with E-state index in [-0.39, 0.29) is 17.5 Å². The van der Waals surface area contributed by atoms with Crippen LogP contribution in [0.25, 0.3) is 0 Å². The minimum Gasteiger partial charge on any atom is -0.462 e. The molecule has 0 bridgehead atoms. The van der Waals surface area contributed by atoms with Crippen molar-refractivity contribution in [3.05, 3.63) is 29.8 Å². The summed E-state index contributed by atoms with van der Waals surface area (Å²) in [5.74, 6) is 0.0178. The van der Waals surface area contributed by atoms with Crippen LogP contribution in [0.3, 0.4) is 0 Å². The van der Waals surface area contributed by atoms with Crippen LogP contribution in [0, 0.1) is 5.92 Å². The van der Waals surface area contributed by atoms with Crippen molar-refractivity contribution >= 4 is 16.0 Å². The molecule has 22 heavy (non-hydrogen) atoms. The predicted octanol–water partition coefficient (Wildman–Crippen LogP) is 2.51. The summed E-state index contributed by atoms with van der Waals surface area (Å²) in [6, 6.07) is 6.74. The molecule has 124 valence electrons. The fraction of sp³-hybridized carbons (Fsp3) is 0.562. The molecule has 0 amide bonds. The molecule has 5 nitrogen and oxygen atoms in total. The van der Waals surface area contributed by atoms with Gasteiger partial charge >= 0.3 is 5.97 Å². The minimum absolute atomic E-state index is 0.151. The topological polar surface area (TPSA) is 72.5 Å². The number of ether oxygens (including phenoxy) is 1. The second kappa shape index (κ2) is 8.29. The molecule has 1 aromatic rings. The second-order valence-corrected chi connectivity index (χ2v) is 7.71. The van der Waals surface area contributed by atoms with Gasteiger partial charge in [-0.1, -0.05) is 26.0 Å². The Bertz CT molecular complexity index is 577. The van der Waals surface area contributed by atoms with Crippen molar-refractivity contribution in [3.8, 4) is 0 Å². The van der Waals surface area contributed by atoms with Gasteiger partial charge in [-0.25, -0.2) is 8.42 Å². The van der Waals surface area contributed by atoms with Crippen molar-refractivity contribution in [1.29, 1.82) is 0 Å². The number of benzene rings is 1. The molecule has 0 aliphatic carbocycles. The molecule has 6 heteroatoms. The van der Waals surface area contributed by atoms with E-state index < -0.39 is 16.0 Å². The Labute approximate surface area is 133 Å². The predicted molar refractivity (Wildman–Crippen MR) is 86.0 cm³/mol. The van der Waals surface area contributed by atoms with Gasteiger partial charge in [-0.3, -0.25) is 4.79 Å². The Morgan fingerprint density at radius 1 is 1.14 bits per heavy atom. The maximum absolute atomic E-state index is 12.1. The lowest BCUT2D eigenvalue weighted by molar-refractivity contribution is -0.145. The lowest BCUT2D eigenvalue weighted by atomic mass is 10.0. The van der Waals surface area contributed by atoms with Crippen molar-refractivity contribution in [1.82, 2.24) is 4.72 Å². The van der Waals surface area contributed by atoms with Gasteiger partial charge in [0.15, 0.2) is 0 Å². The first kappa shape index (κ1) is 18.6. The van der Waals surface area contributed by atoms with Crippen LogP contribution in [0.4, 0.5) is 0 Å². The van der Waals surface area contributed by atoms with Crippen LogP contribution in [0.5, 0.6) is 0 Å². The maximum Gasteiger partial charge on any atom is 0.321 e. The summed E-state index contributed by atoms with van der Waals surface area (Å²) in [6.07, 6.45) is 1.72. The van der Waals surface area contributed by atoms with Crippen molar-refractivity contribution in [2.45, 2.75) is 51.5 Å². The van der Waals surface area contributed by atoms with Crippen LogP contribution in [-0.2, 0) is 26.0 Å². The van der Waals surface area contributed by atoms with Crippen LogP contribution < -0.4 is 4.72 Å². The van der Waals surface area contributed by atoms with E-state index in [9.17, 15) is 13.2 Å². The van der Waals surface area contributed by atoms with Gasteiger partial charge in [0, 0.05) is 0 Å². The zero-order valence-corrected chi connectivity index (χ0v) is 14.4. The Morgan fingerprint density at radius 2 is 1.73 bits per heavy atom. The Balaban J connectivity index is 2.63. The van der Waals surface area contributed by atoms with E-state index in [0.717, 1.165) is 18.4 Å². The SMILES string of the molecule is CC(C)CCc1ccc(S(=O)(=O)NCC(=O)OC(C)C)cc1. The summed E-state index contributed by atoms with van der Waals surface area (Å²) in [7, 11) is -3.69. The molecule has 0 atom stereocenters. The van der Waals surface area contributed by atoms with Crippen LogP contribution in [0.1, 0.15) is 39.7 Å². The molecule has 0 saturated carbocycles. The van der Waals surface area contributed by atoms with Crippen molar-refractivity contribution in [2.75, 3.05) is 6.54 Å². The maximum atomic E-state index is 12.1. The van der Waals surface area contributed by atoms with Gasteiger partial charge in [0.1, 0.15) is 6.54 Å². The molecule has 0 aliphatic heterocycles. The number of sulfonamides is 1. The molecule has 0 radical (unpaired) electrons. The fourth-order valence-electron chi connectivity index (χ4n) is 1.83. The highest BCUT2D eigenvalue weighted by Gasteiger charge is 2.16. The molecule has 0 saturated heterocycles. The summed E-state index contributed by atoms with van der Waals surface area (Å²) in [5, 5.41) is 0. The van der Waals surface area contributed by atoms with Gasteiger partial charge < -0.3 is 4.74 Å². The number of carbonyl (C=O) groups excluding carboxylic acids is 1. The average Bonchev–Trinajstić information content (AvgIpc) is 2.43. The fourth-order valence-corrected chi connectivity index (χ4v) is 2.80. The summed E-state index contributed by atoms with van der Waals surface area (Å²) >= 11 is 0. The number of hydrogen-bond donors (Lipinski definition) is 1. The molecule has 0 aromatic heterocycles. The number of hydrogen-bond acceptors (Lipinski definition) is 4. The molecule has 0 fully saturated rings. The van der Waals surface area contributed by atoms with Crippen LogP contribution >= 0.6 is 0 Å². The molecule has 1 aromatic carbocycles. The Morgan fingerprint density at radius 3 is 2.23 bits per heavy atom. The van der Waals surface area contributed by atoms with Crippen molar-refractivity contribution in [3.63, 3.8) is 0 Å². The highest BCUT2D eigenvalue weighted by molar-refractivity contribution is 7.89. The lowest BCUT2D eigenvalue weighted by Gasteiger charge is -2.10. The van der Waals surface area contributed by atoms with Gasteiger partial charge in [0.05, 0.1) is 11.0 Å². The summed E-state index contributed by atoms with van der Waals surface area (Å²) < 4.78 is 31.3. The average molecular weight is 327 g/mol. The molecule has 1 N–H and O–H groups in total. The second-order valence-electron chi connectivity index (χ2n) is 5.94. The van der Waals surface area contributed by atoms with Crippen LogP contribution in [-0.4, -0.2) is 27.0 Å². The minimum atomic E-state index is -3.69. The molecular weight excluding hydrogens is 302 g/mol. The zero-order valence-electron chi connectivity index (χ0n) is 13.6. The van der Waals surface area contributed by atoms with Gasteiger partial charge in [0.2, 0.25) is 10.0 Å². The van der Waals surface area contributed by atoms with E-state index >= 15 is 0 Å². The van der Waals surface area contributed by atoms with Gasteiger partial charge in [-0.2, -0.15) is 4.72 Å². The number of esters is 1. The highest BCUT2D eigenvalue weighted by Crippen LogP contribution is 2.13. The first-order valence-electron chi connectivity index (χ1n) is 7.49. The third-order valence-corrected chi connectivity index (χ3v) is 4.43. The monoisotopic (exact) mass is 327 g/mol. The van der Waals surface area contributed by atoms with E-state index in [4.69, 9.17) is 4.74 Å². The molecular formula is C16H25NO4S. The van der Waals surface area contributed by atoms with Crippen molar-refractivity contribution < 1.29 is 17.9 Å². The third-order valence-electron chi connectivity index (χ3n) is 3.02. The summed E-state index contributed by atoms with van der Waals surface area (Å²) in [5.41, 5.74) is 1.10. The highest BCUT2D eigenvalue weighted by atomic mass is 32.2. The normalized spacial score (nSPS) is 11.9. The summed E-state index contributed by atoms with van der Waals surface area (Å²) in [4.78, 5) is 11.5. The summed E-state index contributed by atoms with van der Waals surface area (Å²) in [6.45, 7) is 7.36. The zero-order chi connectivity index (χ0) is 16.8. The standard InChI is InChI=1S/C16H25NO4S/c1-12(2)5-6-14-7-9-15(10-8-14)22(19,20)17-11-16(18)21-13(3)4/h7-10,12-13,17H,5-6,11H2,1-4H3. The number of carbonyl (C=O) groups is 1. The first-order chi connectivity index (χ1) is 10.2. The van der Waals surface area contributed by atoms with E-state index in [2.05, 4.69) is 18.6 Å². The molecule has 0 spiro atoms. The molecule has 0 aliphatic rings. The molecule has 0 unspecified atom stereocenters. The Hall–Kier alpha value is -1.40. The lowest BCUT2D eigenvalue weighted by Crippen LogP contribution is -2.31. The molecule has 0 heterocycles. The largest absolute Gasteiger partial charge is 0.462 e. The van der Waals surface area contributed by atoms with E-state index in [0.29, 0.717) is 5.92 Å². The smallest absolute Gasteiger partial charge is 0.321 e. The first-order valence-corrected chi connectivity index (χ1v) is 8.97. The van der Waals surface area contributed by atoms with E-state index in [1.807, 2.05) is 12.1 Å². The quantitative estimate of drug-likeness (QED) is 0.745. The number of aryl methyl sites for hydroxylation is 1. The number of rotatable bonds is 8.